The fraction of sp³-hybridized carbons (Fsp3) is 0.615. The van der Waals surface area contributed by atoms with Gasteiger partial charge in [0.1, 0.15) is 5.60 Å². The first kappa shape index (κ1) is 16.2. The summed E-state index contributed by atoms with van der Waals surface area (Å²) < 4.78 is 19.4. The van der Waals surface area contributed by atoms with Crippen LogP contribution in [0.1, 0.15) is 26.8 Å². The van der Waals surface area contributed by atoms with Crippen LogP contribution in [0, 0.1) is 5.82 Å². The molecule has 2 atom stereocenters. The van der Waals surface area contributed by atoms with Crippen LogP contribution in [0.2, 0.25) is 0 Å². The van der Waals surface area contributed by atoms with E-state index in [1.54, 1.807) is 20.8 Å². The fourth-order valence-electron chi connectivity index (χ4n) is 2.23. The molecule has 0 bridgehead atoms. The van der Waals surface area contributed by atoms with Crippen molar-refractivity contribution < 1.29 is 19.0 Å². The molecule has 0 saturated carbocycles. The lowest BCUT2D eigenvalue weighted by molar-refractivity contribution is 0.0270. The predicted molar refractivity (Wildman–Crippen MR) is 74.1 cm³/mol. The maximum Gasteiger partial charge on any atom is 0.410 e. The number of hydrogen-bond donors (Lipinski definition) is 2. The highest BCUT2D eigenvalue weighted by atomic mass is 19.1. The van der Waals surface area contributed by atoms with Crippen molar-refractivity contribution in [3.05, 3.63) is 32.9 Å². The van der Waals surface area contributed by atoms with Crippen LogP contribution in [-0.2, 0) is 4.74 Å². The van der Waals surface area contributed by atoms with Gasteiger partial charge in [0.25, 0.3) is 5.56 Å². The Morgan fingerprint density at radius 1 is 1.41 bits per heavy atom. The van der Waals surface area contributed by atoms with Crippen LogP contribution >= 0.6 is 0 Å². The van der Waals surface area contributed by atoms with Gasteiger partial charge >= 0.3 is 11.8 Å². The van der Waals surface area contributed by atoms with Gasteiger partial charge in [-0.1, -0.05) is 0 Å². The van der Waals surface area contributed by atoms with E-state index in [9.17, 15) is 23.9 Å². The number of hydrogen-bond acceptors (Lipinski definition) is 5. The van der Waals surface area contributed by atoms with Crippen molar-refractivity contribution in [3.8, 4) is 0 Å². The van der Waals surface area contributed by atoms with Gasteiger partial charge in [-0.25, -0.2) is 9.59 Å². The summed E-state index contributed by atoms with van der Waals surface area (Å²) in [5.74, 6) is -1.14. The number of aromatic amines is 1. The van der Waals surface area contributed by atoms with Crippen LogP contribution < -0.4 is 11.2 Å². The quantitative estimate of drug-likeness (QED) is 0.748. The zero-order valence-corrected chi connectivity index (χ0v) is 12.5. The summed E-state index contributed by atoms with van der Waals surface area (Å²) in [4.78, 5) is 37.8. The molecule has 22 heavy (non-hydrogen) atoms. The summed E-state index contributed by atoms with van der Waals surface area (Å²) >= 11 is 0. The average molecular weight is 315 g/mol. The fourth-order valence-corrected chi connectivity index (χ4v) is 2.23. The second-order valence-electron chi connectivity index (χ2n) is 6.16. The van der Waals surface area contributed by atoms with Crippen molar-refractivity contribution in [2.24, 2.45) is 0 Å². The normalized spacial score (nSPS) is 22.0. The predicted octanol–water partition coefficient (Wildman–Crippen LogP) is -0.172. The van der Waals surface area contributed by atoms with Gasteiger partial charge in [0.05, 0.1) is 24.9 Å². The number of carbonyl (C=O) groups is 1. The minimum atomic E-state index is -1.14. The van der Waals surface area contributed by atoms with Crippen molar-refractivity contribution in [3.63, 3.8) is 0 Å². The number of halogens is 1. The van der Waals surface area contributed by atoms with Gasteiger partial charge in [-0.05, 0) is 20.8 Å². The molecule has 2 rings (SSSR count). The molecule has 1 saturated heterocycles. The number of aromatic nitrogens is 2. The Kier molecular flexibility index (Phi) is 4.10. The molecule has 2 heterocycles. The molecule has 2 N–H and O–H groups in total. The van der Waals surface area contributed by atoms with E-state index in [0.29, 0.717) is 0 Å². The molecule has 0 radical (unpaired) electrons. The van der Waals surface area contributed by atoms with E-state index in [1.807, 2.05) is 4.98 Å². The number of carbonyl (C=O) groups excluding carboxylic acids is 1. The Bertz CT molecular complexity index is 690. The summed E-state index contributed by atoms with van der Waals surface area (Å²) in [6, 6.07) is -0.855. The number of nitrogens with one attached hydrogen (secondary N) is 1. The van der Waals surface area contributed by atoms with E-state index in [-0.39, 0.29) is 13.1 Å². The molecule has 0 unspecified atom stereocenters. The first-order valence-electron chi connectivity index (χ1n) is 6.75. The van der Waals surface area contributed by atoms with E-state index in [1.165, 1.54) is 4.90 Å². The zero-order valence-electron chi connectivity index (χ0n) is 12.5. The van der Waals surface area contributed by atoms with Crippen LogP contribution in [-0.4, -0.2) is 50.4 Å². The lowest BCUT2D eigenvalue weighted by Crippen LogP contribution is -2.38. The molecule has 8 nitrogen and oxygen atoms in total. The highest BCUT2D eigenvalue weighted by Crippen LogP contribution is 2.22. The first-order chi connectivity index (χ1) is 10.1. The number of H-pyrrole nitrogens is 1. The molecular weight excluding hydrogens is 297 g/mol. The number of rotatable bonds is 1. The van der Waals surface area contributed by atoms with E-state index in [2.05, 4.69) is 0 Å². The first-order valence-corrected chi connectivity index (χ1v) is 6.75. The van der Waals surface area contributed by atoms with Gasteiger partial charge in [-0.15, -0.1) is 0 Å². The molecule has 1 fully saturated rings. The molecular formula is C13H18FN3O5. The molecule has 1 aliphatic heterocycles. The molecule has 0 spiro atoms. The van der Waals surface area contributed by atoms with E-state index < -0.39 is 40.9 Å². The highest BCUT2D eigenvalue weighted by molar-refractivity contribution is 5.68. The molecule has 1 amide bonds. The lowest BCUT2D eigenvalue weighted by Gasteiger charge is -2.24. The van der Waals surface area contributed by atoms with Crippen LogP contribution in [0.3, 0.4) is 0 Å². The molecule has 1 aliphatic rings. The maximum absolute atomic E-state index is 13.3. The number of β-amino-alcohol motifs (C(OH)–C–C–N with tert-alkyl or cyclic N) is 1. The zero-order chi connectivity index (χ0) is 16.7. The van der Waals surface area contributed by atoms with Crippen molar-refractivity contribution >= 4 is 6.09 Å². The van der Waals surface area contributed by atoms with Crippen molar-refractivity contribution in [1.29, 1.82) is 0 Å². The van der Waals surface area contributed by atoms with Gasteiger partial charge in [-0.2, -0.15) is 4.39 Å². The second-order valence-corrected chi connectivity index (χ2v) is 6.16. The van der Waals surface area contributed by atoms with Crippen LogP contribution in [0.4, 0.5) is 9.18 Å². The third-order valence-corrected chi connectivity index (χ3v) is 3.19. The third kappa shape index (κ3) is 3.35. The molecule has 122 valence electrons. The van der Waals surface area contributed by atoms with Crippen LogP contribution in [0.25, 0.3) is 0 Å². The molecule has 9 heteroatoms. The van der Waals surface area contributed by atoms with Gasteiger partial charge in [0.15, 0.2) is 0 Å². The Balaban J connectivity index is 2.22. The summed E-state index contributed by atoms with van der Waals surface area (Å²) in [5.41, 5.74) is -2.67. The minimum absolute atomic E-state index is 0.0263. The minimum Gasteiger partial charge on any atom is -0.444 e. The molecule has 0 aliphatic carbocycles. The summed E-state index contributed by atoms with van der Waals surface area (Å²) in [5, 5.41) is 10.0. The summed E-state index contributed by atoms with van der Waals surface area (Å²) in [6.07, 6.45) is -0.976. The number of nitrogens with zero attached hydrogens (tertiary/aromatic N) is 2. The lowest BCUT2D eigenvalue weighted by atomic mass is 10.2. The Morgan fingerprint density at radius 2 is 2.05 bits per heavy atom. The topological polar surface area (TPSA) is 105 Å². The molecule has 0 aromatic carbocycles. The largest absolute Gasteiger partial charge is 0.444 e. The van der Waals surface area contributed by atoms with Gasteiger partial charge in [-0.3, -0.25) is 14.3 Å². The van der Waals surface area contributed by atoms with E-state index in [4.69, 9.17) is 4.74 Å². The number of likely N-dealkylation sites (tertiary alicyclic amines) is 1. The van der Waals surface area contributed by atoms with Gasteiger partial charge in [0, 0.05) is 6.54 Å². The molecule has 1 aromatic heterocycles. The SMILES string of the molecule is CC(C)(C)OC(=O)N1C[C@H](O)[C@@H](n2cc(F)c(=O)[nH]c2=O)C1. The van der Waals surface area contributed by atoms with Crippen LogP contribution in [0.5, 0.6) is 0 Å². The number of ether oxygens (including phenoxy) is 1. The standard InChI is InChI=1S/C13H18FN3O5/c1-13(2,3)22-12(21)16-5-8(9(18)6-16)17-4-7(14)10(19)15-11(17)20/h4,8-9,18H,5-6H2,1-3H3,(H,15,19,20)/t8-,9-/m0/s1. The second kappa shape index (κ2) is 5.56. The average Bonchev–Trinajstić information content (AvgIpc) is 2.74. The number of aliphatic hydroxyl groups excluding tert-OH is 1. The van der Waals surface area contributed by atoms with E-state index in [0.717, 1.165) is 10.8 Å². The summed E-state index contributed by atoms with van der Waals surface area (Å²) in [7, 11) is 0. The Hall–Kier alpha value is -2.16. The van der Waals surface area contributed by atoms with Gasteiger partial charge < -0.3 is 14.7 Å². The van der Waals surface area contributed by atoms with Crippen molar-refractivity contribution in [1.82, 2.24) is 14.5 Å². The smallest absolute Gasteiger partial charge is 0.410 e. The highest BCUT2D eigenvalue weighted by Gasteiger charge is 2.37. The van der Waals surface area contributed by atoms with E-state index >= 15 is 0 Å². The summed E-state index contributed by atoms with van der Waals surface area (Å²) in [6.45, 7) is 5.04. The monoisotopic (exact) mass is 315 g/mol. The third-order valence-electron chi connectivity index (χ3n) is 3.19. The van der Waals surface area contributed by atoms with Crippen LogP contribution in [0.15, 0.2) is 15.8 Å². The number of amides is 1. The van der Waals surface area contributed by atoms with Crippen molar-refractivity contribution in [2.75, 3.05) is 13.1 Å². The van der Waals surface area contributed by atoms with Crippen molar-refractivity contribution in [2.45, 2.75) is 38.5 Å². The molecule has 1 aromatic rings. The Labute approximate surface area is 125 Å². The Morgan fingerprint density at radius 3 is 2.64 bits per heavy atom. The number of aliphatic hydroxyl groups is 1. The maximum atomic E-state index is 13.3. The van der Waals surface area contributed by atoms with Gasteiger partial charge in [0.2, 0.25) is 5.82 Å².